The zero-order valence-corrected chi connectivity index (χ0v) is 11.4. The van der Waals surface area contributed by atoms with Gasteiger partial charge in [0.25, 0.3) is 5.91 Å². The number of amides is 1. The maximum absolute atomic E-state index is 13.2. The molecule has 1 heterocycles. The summed E-state index contributed by atoms with van der Waals surface area (Å²) in [5, 5.41) is 0.190. The van der Waals surface area contributed by atoms with Gasteiger partial charge in [-0.1, -0.05) is 11.6 Å². The van der Waals surface area contributed by atoms with Crippen molar-refractivity contribution < 1.29 is 9.18 Å². The van der Waals surface area contributed by atoms with Crippen LogP contribution >= 0.6 is 34.2 Å². The molecule has 0 radical (unpaired) electrons. The lowest BCUT2D eigenvalue weighted by atomic mass is 10.2. The highest BCUT2D eigenvalue weighted by Gasteiger charge is 2.22. The summed E-state index contributed by atoms with van der Waals surface area (Å²) in [6, 6.07) is 2.71. The van der Waals surface area contributed by atoms with E-state index in [1.54, 1.807) is 4.90 Å². The molecule has 0 saturated carbocycles. The normalized spacial score (nSPS) is 15.6. The van der Waals surface area contributed by atoms with E-state index in [0.29, 0.717) is 9.13 Å². The highest BCUT2D eigenvalue weighted by molar-refractivity contribution is 14.1. The van der Waals surface area contributed by atoms with Crippen molar-refractivity contribution in [1.29, 1.82) is 0 Å². The second-order valence-electron chi connectivity index (χ2n) is 3.75. The number of likely N-dealkylation sites (tertiary alicyclic amines) is 1. The highest BCUT2D eigenvalue weighted by atomic mass is 127. The third-order valence-corrected chi connectivity index (χ3v) is 3.77. The molecule has 0 aromatic heterocycles. The first-order valence-electron chi connectivity index (χ1n) is 5.03. The molecule has 0 atom stereocenters. The molecule has 86 valence electrons. The van der Waals surface area contributed by atoms with Gasteiger partial charge in [0.2, 0.25) is 0 Å². The van der Waals surface area contributed by atoms with E-state index in [-0.39, 0.29) is 16.7 Å². The van der Waals surface area contributed by atoms with Crippen LogP contribution in [0, 0.1) is 9.39 Å². The molecular formula is C11H10ClFINO. The lowest BCUT2D eigenvalue weighted by Crippen LogP contribution is -2.28. The number of carbonyl (C=O) groups is 1. The fourth-order valence-electron chi connectivity index (χ4n) is 1.78. The number of hydrogen-bond acceptors (Lipinski definition) is 1. The van der Waals surface area contributed by atoms with Crippen LogP contribution in [0.5, 0.6) is 0 Å². The molecule has 2 nitrogen and oxygen atoms in total. The van der Waals surface area contributed by atoms with Gasteiger partial charge in [0, 0.05) is 16.7 Å². The van der Waals surface area contributed by atoms with Crippen LogP contribution in [-0.2, 0) is 0 Å². The minimum atomic E-state index is -0.386. The zero-order chi connectivity index (χ0) is 11.7. The molecule has 0 aliphatic carbocycles. The summed E-state index contributed by atoms with van der Waals surface area (Å²) in [7, 11) is 0. The quantitative estimate of drug-likeness (QED) is 0.560. The first kappa shape index (κ1) is 12.1. The van der Waals surface area contributed by atoms with Crippen LogP contribution in [0.1, 0.15) is 23.2 Å². The van der Waals surface area contributed by atoms with Crippen LogP contribution in [0.3, 0.4) is 0 Å². The monoisotopic (exact) mass is 353 g/mol. The van der Waals surface area contributed by atoms with Crippen molar-refractivity contribution in [2.45, 2.75) is 12.8 Å². The minimum absolute atomic E-state index is 0.0968. The molecule has 0 bridgehead atoms. The standard InChI is InChI=1S/C11H10ClFINO/c12-8-6-9(13)10(14)5-7(8)11(16)15-3-1-2-4-15/h5-6H,1-4H2. The molecule has 1 aromatic rings. The molecular weight excluding hydrogens is 343 g/mol. The van der Waals surface area contributed by atoms with Gasteiger partial charge in [-0.3, -0.25) is 4.79 Å². The van der Waals surface area contributed by atoms with E-state index < -0.39 is 0 Å². The second kappa shape index (κ2) is 4.87. The Bertz CT molecular complexity index is 432. The Hall–Kier alpha value is -0.360. The van der Waals surface area contributed by atoms with Crippen molar-refractivity contribution in [3.63, 3.8) is 0 Å². The predicted octanol–water partition coefficient (Wildman–Crippen LogP) is 3.32. The maximum atomic E-state index is 13.2. The first-order chi connectivity index (χ1) is 7.59. The van der Waals surface area contributed by atoms with Crippen LogP contribution in [0.2, 0.25) is 5.02 Å². The molecule has 1 saturated heterocycles. The van der Waals surface area contributed by atoms with Gasteiger partial charge in [0.1, 0.15) is 5.82 Å². The van der Waals surface area contributed by atoms with Gasteiger partial charge in [-0.05, 0) is 47.6 Å². The summed E-state index contributed by atoms with van der Waals surface area (Å²) in [5.41, 5.74) is 0.398. The van der Waals surface area contributed by atoms with E-state index in [2.05, 4.69) is 0 Å². The summed E-state index contributed by atoms with van der Waals surface area (Å²) in [5.74, 6) is -0.482. The lowest BCUT2D eigenvalue weighted by Gasteiger charge is -2.16. The lowest BCUT2D eigenvalue weighted by molar-refractivity contribution is 0.0793. The molecule has 0 unspecified atom stereocenters. The van der Waals surface area contributed by atoms with Crippen LogP contribution < -0.4 is 0 Å². The SMILES string of the molecule is O=C(c1cc(I)c(F)cc1Cl)N1CCCC1. The third kappa shape index (κ3) is 2.32. The van der Waals surface area contributed by atoms with E-state index in [0.717, 1.165) is 25.9 Å². The fourth-order valence-corrected chi connectivity index (χ4v) is 2.48. The number of rotatable bonds is 1. The highest BCUT2D eigenvalue weighted by Crippen LogP contribution is 2.24. The molecule has 5 heteroatoms. The summed E-state index contributed by atoms with van der Waals surface area (Å²) in [6.07, 6.45) is 2.06. The Kier molecular flexibility index (Phi) is 3.69. The molecule has 1 fully saturated rings. The van der Waals surface area contributed by atoms with Gasteiger partial charge in [-0.2, -0.15) is 0 Å². The average Bonchev–Trinajstić information content (AvgIpc) is 2.75. The van der Waals surface area contributed by atoms with Gasteiger partial charge in [0.05, 0.1) is 10.6 Å². The van der Waals surface area contributed by atoms with E-state index in [1.807, 2.05) is 22.6 Å². The molecule has 16 heavy (non-hydrogen) atoms. The van der Waals surface area contributed by atoms with Gasteiger partial charge in [0.15, 0.2) is 0 Å². The van der Waals surface area contributed by atoms with Crippen LogP contribution in [0.4, 0.5) is 4.39 Å². The van der Waals surface area contributed by atoms with Crippen LogP contribution in [0.25, 0.3) is 0 Å². The van der Waals surface area contributed by atoms with Crippen molar-refractivity contribution in [2.24, 2.45) is 0 Å². The van der Waals surface area contributed by atoms with Crippen LogP contribution in [-0.4, -0.2) is 23.9 Å². The average molecular weight is 354 g/mol. The summed E-state index contributed by atoms with van der Waals surface area (Å²) < 4.78 is 13.6. The Morgan fingerprint density at radius 2 is 2.00 bits per heavy atom. The Labute approximate surface area is 112 Å². The number of carbonyl (C=O) groups excluding carboxylic acids is 1. The van der Waals surface area contributed by atoms with E-state index >= 15 is 0 Å². The zero-order valence-electron chi connectivity index (χ0n) is 8.47. The van der Waals surface area contributed by atoms with Crippen LogP contribution in [0.15, 0.2) is 12.1 Å². The molecule has 0 spiro atoms. The molecule has 0 N–H and O–H groups in total. The minimum Gasteiger partial charge on any atom is -0.339 e. The number of halogens is 3. The van der Waals surface area contributed by atoms with E-state index in [4.69, 9.17) is 11.6 Å². The predicted molar refractivity (Wildman–Crippen MR) is 69.3 cm³/mol. The van der Waals surface area contributed by atoms with Gasteiger partial charge in [-0.15, -0.1) is 0 Å². The molecule has 1 aromatic carbocycles. The number of benzene rings is 1. The van der Waals surface area contributed by atoms with Crippen molar-refractivity contribution >= 4 is 40.1 Å². The Balaban J connectivity index is 2.32. The Morgan fingerprint density at radius 1 is 1.38 bits per heavy atom. The van der Waals surface area contributed by atoms with Crippen molar-refractivity contribution in [1.82, 2.24) is 4.90 Å². The number of nitrogens with zero attached hydrogens (tertiary/aromatic N) is 1. The largest absolute Gasteiger partial charge is 0.339 e. The molecule has 2 rings (SSSR count). The van der Waals surface area contributed by atoms with E-state index in [1.165, 1.54) is 12.1 Å². The smallest absolute Gasteiger partial charge is 0.255 e. The Morgan fingerprint density at radius 3 is 2.62 bits per heavy atom. The van der Waals surface area contributed by atoms with Crippen molar-refractivity contribution in [3.05, 3.63) is 32.1 Å². The van der Waals surface area contributed by atoms with Crippen molar-refractivity contribution in [3.8, 4) is 0 Å². The van der Waals surface area contributed by atoms with E-state index in [9.17, 15) is 9.18 Å². The van der Waals surface area contributed by atoms with Crippen molar-refractivity contribution in [2.75, 3.05) is 13.1 Å². The molecule has 1 aliphatic heterocycles. The van der Waals surface area contributed by atoms with Gasteiger partial charge in [-0.25, -0.2) is 4.39 Å². The molecule has 1 amide bonds. The summed E-state index contributed by atoms with van der Waals surface area (Å²) in [4.78, 5) is 13.8. The van der Waals surface area contributed by atoms with Gasteiger partial charge >= 0.3 is 0 Å². The second-order valence-corrected chi connectivity index (χ2v) is 5.31. The topological polar surface area (TPSA) is 20.3 Å². The fraction of sp³-hybridized carbons (Fsp3) is 0.364. The molecule has 1 aliphatic rings. The maximum Gasteiger partial charge on any atom is 0.255 e. The summed E-state index contributed by atoms with van der Waals surface area (Å²) >= 11 is 7.74. The summed E-state index contributed by atoms with van der Waals surface area (Å²) in [6.45, 7) is 1.53. The number of hydrogen-bond donors (Lipinski definition) is 0. The first-order valence-corrected chi connectivity index (χ1v) is 6.49. The van der Waals surface area contributed by atoms with Gasteiger partial charge < -0.3 is 4.90 Å². The third-order valence-electron chi connectivity index (χ3n) is 2.63.